The van der Waals surface area contributed by atoms with Crippen LogP contribution in [0.15, 0.2) is 12.1 Å². The summed E-state index contributed by atoms with van der Waals surface area (Å²) in [6.07, 6.45) is 4.31. The molecule has 0 bridgehead atoms. The highest BCUT2D eigenvalue weighted by Gasteiger charge is 2.17. The van der Waals surface area contributed by atoms with Crippen molar-refractivity contribution in [2.75, 3.05) is 18.8 Å². The highest BCUT2D eigenvalue weighted by Crippen LogP contribution is 2.20. The van der Waals surface area contributed by atoms with Gasteiger partial charge in [0.25, 0.3) is 5.91 Å². The summed E-state index contributed by atoms with van der Waals surface area (Å²) in [6, 6.07) is 3.83. The summed E-state index contributed by atoms with van der Waals surface area (Å²) in [6.45, 7) is 9.93. The lowest BCUT2D eigenvalue weighted by Crippen LogP contribution is -2.33. The molecule has 1 aromatic carbocycles. The lowest BCUT2D eigenvalue weighted by molar-refractivity contribution is 0.0750. The number of aryl methyl sites for hydroxylation is 2. The molecule has 0 heterocycles. The van der Waals surface area contributed by atoms with Crippen LogP contribution in [-0.4, -0.2) is 23.9 Å². The topological polar surface area (TPSA) is 46.3 Å². The van der Waals surface area contributed by atoms with Crippen molar-refractivity contribution in [3.05, 3.63) is 28.8 Å². The smallest absolute Gasteiger partial charge is 0.254 e. The third-order valence-corrected chi connectivity index (χ3v) is 3.69. The highest BCUT2D eigenvalue weighted by molar-refractivity contribution is 5.96. The van der Waals surface area contributed by atoms with E-state index in [-0.39, 0.29) is 5.91 Å². The Balaban J connectivity index is 2.95. The van der Waals surface area contributed by atoms with Gasteiger partial charge in [0.05, 0.1) is 0 Å². The largest absolute Gasteiger partial charge is 0.398 e. The van der Waals surface area contributed by atoms with Crippen molar-refractivity contribution in [3.8, 4) is 0 Å². The number of carbonyl (C=O) groups is 1. The van der Waals surface area contributed by atoms with E-state index < -0.39 is 0 Å². The van der Waals surface area contributed by atoms with Crippen LogP contribution >= 0.6 is 0 Å². The number of nitrogens with two attached hydrogens (primary N) is 1. The van der Waals surface area contributed by atoms with Crippen LogP contribution < -0.4 is 5.73 Å². The average Bonchev–Trinajstić information content (AvgIpc) is 2.42. The second-order valence-corrected chi connectivity index (χ2v) is 5.52. The quantitative estimate of drug-likeness (QED) is 0.767. The molecule has 0 fully saturated rings. The number of hydrogen-bond acceptors (Lipinski definition) is 2. The van der Waals surface area contributed by atoms with Gasteiger partial charge >= 0.3 is 0 Å². The van der Waals surface area contributed by atoms with Crippen LogP contribution in [0.25, 0.3) is 0 Å². The lowest BCUT2D eigenvalue weighted by Gasteiger charge is -2.23. The maximum atomic E-state index is 12.7. The summed E-state index contributed by atoms with van der Waals surface area (Å²) in [5.41, 5.74) is 9.45. The fraction of sp³-hybridized carbons (Fsp3) is 0.588. The Bertz CT molecular complexity index is 447. The molecule has 3 heteroatoms. The lowest BCUT2D eigenvalue weighted by atomic mass is 10.0. The van der Waals surface area contributed by atoms with Crippen LogP contribution in [0.1, 0.15) is 61.0 Å². The van der Waals surface area contributed by atoms with Crippen LogP contribution in [0.4, 0.5) is 5.69 Å². The highest BCUT2D eigenvalue weighted by atomic mass is 16.2. The number of unbranched alkanes of at least 4 members (excludes halogenated alkanes) is 2. The van der Waals surface area contributed by atoms with Crippen LogP contribution in [0.5, 0.6) is 0 Å². The molecule has 0 atom stereocenters. The zero-order chi connectivity index (χ0) is 15.1. The summed E-state index contributed by atoms with van der Waals surface area (Å²) < 4.78 is 0. The first-order chi connectivity index (χ1) is 9.51. The Hall–Kier alpha value is -1.51. The van der Waals surface area contributed by atoms with Gasteiger partial charge in [-0.1, -0.05) is 32.8 Å². The number of carbonyl (C=O) groups excluding carboxylic acids is 1. The van der Waals surface area contributed by atoms with E-state index in [1.54, 1.807) is 0 Å². The van der Waals surface area contributed by atoms with E-state index in [2.05, 4.69) is 13.8 Å². The number of amides is 1. The maximum Gasteiger partial charge on any atom is 0.254 e. The normalized spacial score (nSPS) is 10.6. The number of anilines is 1. The van der Waals surface area contributed by atoms with Crippen LogP contribution in [-0.2, 0) is 0 Å². The van der Waals surface area contributed by atoms with E-state index in [9.17, 15) is 4.79 Å². The zero-order valence-electron chi connectivity index (χ0n) is 13.3. The van der Waals surface area contributed by atoms with Crippen molar-refractivity contribution >= 4 is 11.6 Å². The molecule has 0 radical (unpaired) electrons. The van der Waals surface area contributed by atoms with Gasteiger partial charge in [0.15, 0.2) is 0 Å². The van der Waals surface area contributed by atoms with E-state index in [1.165, 1.54) is 0 Å². The predicted molar refractivity (Wildman–Crippen MR) is 86.0 cm³/mol. The molecule has 0 aliphatic carbocycles. The van der Waals surface area contributed by atoms with Crippen molar-refractivity contribution in [2.45, 2.75) is 53.4 Å². The fourth-order valence-electron chi connectivity index (χ4n) is 2.28. The van der Waals surface area contributed by atoms with Crippen molar-refractivity contribution in [3.63, 3.8) is 0 Å². The van der Waals surface area contributed by atoms with Gasteiger partial charge < -0.3 is 10.6 Å². The molecule has 2 N–H and O–H groups in total. The van der Waals surface area contributed by atoms with E-state index in [4.69, 9.17) is 5.73 Å². The zero-order valence-corrected chi connectivity index (χ0v) is 13.3. The van der Waals surface area contributed by atoms with E-state index in [1.807, 2.05) is 30.9 Å². The average molecular weight is 276 g/mol. The molecule has 0 spiro atoms. The summed E-state index contributed by atoms with van der Waals surface area (Å²) >= 11 is 0. The summed E-state index contributed by atoms with van der Waals surface area (Å²) in [4.78, 5) is 14.7. The van der Waals surface area contributed by atoms with E-state index in [0.717, 1.165) is 55.5 Å². The van der Waals surface area contributed by atoms with E-state index in [0.29, 0.717) is 5.69 Å². The Kier molecular flexibility index (Phi) is 6.56. The van der Waals surface area contributed by atoms with Gasteiger partial charge in [-0.2, -0.15) is 0 Å². The Morgan fingerprint density at radius 3 is 2.10 bits per heavy atom. The first-order valence-corrected chi connectivity index (χ1v) is 7.67. The molecule has 0 aliphatic heterocycles. The van der Waals surface area contributed by atoms with Gasteiger partial charge in [-0.3, -0.25) is 4.79 Å². The van der Waals surface area contributed by atoms with Crippen molar-refractivity contribution in [1.82, 2.24) is 4.90 Å². The summed E-state index contributed by atoms with van der Waals surface area (Å²) in [5, 5.41) is 0. The Morgan fingerprint density at radius 2 is 1.60 bits per heavy atom. The molecule has 0 saturated carbocycles. The SMILES string of the molecule is CCCCN(CCCC)C(=O)c1cc(N)c(C)cc1C. The molecular weight excluding hydrogens is 248 g/mol. The molecular formula is C17H28N2O. The van der Waals surface area contributed by atoms with Crippen LogP contribution in [0.2, 0.25) is 0 Å². The Labute approximate surface area is 123 Å². The summed E-state index contributed by atoms with van der Waals surface area (Å²) in [5.74, 6) is 0.121. The first kappa shape index (κ1) is 16.5. The molecule has 0 aromatic heterocycles. The van der Waals surface area contributed by atoms with Gasteiger partial charge in [-0.05, 0) is 43.9 Å². The number of benzene rings is 1. The van der Waals surface area contributed by atoms with Gasteiger partial charge in [0.2, 0.25) is 0 Å². The molecule has 112 valence electrons. The molecule has 1 aromatic rings. The van der Waals surface area contributed by atoms with Gasteiger partial charge in [0.1, 0.15) is 0 Å². The predicted octanol–water partition coefficient (Wildman–Crippen LogP) is 3.93. The second-order valence-electron chi connectivity index (χ2n) is 5.52. The molecule has 0 saturated heterocycles. The van der Waals surface area contributed by atoms with E-state index >= 15 is 0 Å². The number of hydrogen-bond donors (Lipinski definition) is 1. The van der Waals surface area contributed by atoms with Gasteiger partial charge in [0, 0.05) is 24.3 Å². The molecule has 3 nitrogen and oxygen atoms in total. The van der Waals surface area contributed by atoms with Crippen LogP contribution in [0.3, 0.4) is 0 Å². The van der Waals surface area contributed by atoms with Gasteiger partial charge in [-0.25, -0.2) is 0 Å². The second kappa shape index (κ2) is 7.93. The van der Waals surface area contributed by atoms with Crippen LogP contribution in [0, 0.1) is 13.8 Å². The standard InChI is InChI=1S/C17H28N2O/c1-5-7-9-19(10-8-6-2)17(20)15-12-16(18)14(4)11-13(15)3/h11-12H,5-10,18H2,1-4H3. The maximum absolute atomic E-state index is 12.7. The third-order valence-electron chi connectivity index (χ3n) is 3.69. The molecule has 1 rings (SSSR count). The monoisotopic (exact) mass is 276 g/mol. The minimum Gasteiger partial charge on any atom is -0.398 e. The van der Waals surface area contributed by atoms with Crippen molar-refractivity contribution < 1.29 is 4.79 Å². The van der Waals surface area contributed by atoms with Crippen molar-refractivity contribution in [1.29, 1.82) is 0 Å². The minimum atomic E-state index is 0.121. The molecule has 0 aliphatic rings. The fourth-order valence-corrected chi connectivity index (χ4v) is 2.28. The Morgan fingerprint density at radius 1 is 1.05 bits per heavy atom. The number of nitrogen functional groups attached to an aromatic ring is 1. The van der Waals surface area contributed by atoms with Crippen molar-refractivity contribution in [2.24, 2.45) is 0 Å². The third kappa shape index (κ3) is 4.26. The number of nitrogens with zero attached hydrogens (tertiary/aromatic N) is 1. The molecule has 0 unspecified atom stereocenters. The van der Waals surface area contributed by atoms with Gasteiger partial charge in [-0.15, -0.1) is 0 Å². The molecule has 20 heavy (non-hydrogen) atoms. The number of rotatable bonds is 7. The minimum absolute atomic E-state index is 0.121. The first-order valence-electron chi connectivity index (χ1n) is 7.67. The molecule has 1 amide bonds. The summed E-state index contributed by atoms with van der Waals surface area (Å²) in [7, 11) is 0.